The molecule has 0 saturated heterocycles. The maximum Gasteiger partial charge on any atom is 0.269 e. The number of imidazole rings is 1. The highest BCUT2D eigenvalue weighted by atomic mass is 79.9. The molecule has 0 spiro atoms. The molecule has 112 valence electrons. The van der Waals surface area contributed by atoms with Crippen molar-refractivity contribution in [1.29, 1.82) is 0 Å². The first-order valence-electron chi connectivity index (χ1n) is 6.60. The molecule has 0 unspecified atom stereocenters. The predicted molar refractivity (Wildman–Crippen MR) is 89.1 cm³/mol. The summed E-state index contributed by atoms with van der Waals surface area (Å²) in [6, 6.07) is 14.2. The van der Waals surface area contributed by atoms with Gasteiger partial charge in [-0.15, -0.1) is 0 Å². The standard InChI is InChI=1S/C16H13BrN2O2S/c1-12-6-8-13(9-7-12)22(20,21)19-11-10-18-16(19)14-4-2-3-5-15(14)17/h2-11H,1H3. The van der Waals surface area contributed by atoms with Gasteiger partial charge in [-0.2, -0.15) is 0 Å². The van der Waals surface area contributed by atoms with Crippen LogP contribution in [0.3, 0.4) is 0 Å². The zero-order valence-electron chi connectivity index (χ0n) is 11.8. The highest BCUT2D eigenvalue weighted by molar-refractivity contribution is 9.10. The number of rotatable bonds is 3. The van der Waals surface area contributed by atoms with Crippen molar-refractivity contribution in [3.8, 4) is 11.4 Å². The molecular weight excluding hydrogens is 364 g/mol. The van der Waals surface area contributed by atoms with Crippen LogP contribution in [0.1, 0.15) is 5.56 Å². The Balaban J connectivity index is 2.16. The fourth-order valence-corrected chi connectivity index (χ4v) is 3.90. The minimum atomic E-state index is -3.67. The van der Waals surface area contributed by atoms with E-state index in [1.807, 2.05) is 31.2 Å². The lowest BCUT2D eigenvalue weighted by molar-refractivity contribution is 0.588. The second kappa shape index (κ2) is 5.70. The van der Waals surface area contributed by atoms with Gasteiger partial charge in [0.1, 0.15) is 0 Å². The number of aryl methyl sites for hydroxylation is 1. The summed E-state index contributed by atoms with van der Waals surface area (Å²) >= 11 is 3.44. The Morgan fingerprint density at radius 1 is 1.05 bits per heavy atom. The highest BCUT2D eigenvalue weighted by Crippen LogP contribution is 2.29. The molecule has 0 aliphatic heterocycles. The Labute approximate surface area is 137 Å². The zero-order chi connectivity index (χ0) is 15.7. The minimum absolute atomic E-state index is 0.240. The fraction of sp³-hybridized carbons (Fsp3) is 0.0625. The lowest BCUT2D eigenvalue weighted by Gasteiger charge is -2.10. The van der Waals surface area contributed by atoms with Crippen LogP contribution in [0.2, 0.25) is 0 Å². The molecular formula is C16H13BrN2O2S. The molecule has 6 heteroatoms. The third-order valence-corrected chi connectivity index (χ3v) is 5.67. The summed E-state index contributed by atoms with van der Waals surface area (Å²) in [4.78, 5) is 4.45. The lowest BCUT2D eigenvalue weighted by Crippen LogP contribution is -2.13. The smallest absolute Gasteiger partial charge is 0.236 e. The Bertz CT molecular complexity index is 915. The summed E-state index contributed by atoms with van der Waals surface area (Å²) < 4.78 is 27.6. The molecule has 2 aromatic carbocycles. The molecule has 22 heavy (non-hydrogen) atoms. The van der Waals surface area contributed by atoms with Gasteiger partial charge < -0.3 is 0 Å². The number of benzene rings is 2. The molecule has 0 fully saturated rings. The van der Waals surface area contributed by atoms with Gasteiger partial charge in [-0.3, -0.25) is 0 Å². The summed E-state index contributed by atoms with van der Waals surface area (Å²) in [7, 11) is -3.67. The van der Waals surface area contributed by atoms with E-state index in [-0.39, 0.29) is 4.90 Å². The van der Waals surface area contributed by atoms with Crippen molar-refractivity contribution in [2.45, 2.75) is 11.8 Å². The maximum absolute atomic E-state index is 12.8. The second-order valence-electron chi connectivity index (χ2n) is 4.84. The van der Waals surface area contributed by atoms with Crippen LogP contribution in [0.5, 0.6) is 0 Å². The normalized spacial score (nSPS) is 11.5. The first-order chi connectivity index (χ1) is 10.5. The van der Waals surface area contributed by atoms with E-state index in [9.17, 15) is 8.42 Å². The summed E-state index contributed by atoms with van der Waals surface area (Å²) in [5.41, 5.74) is 1.73. The fourth-order valence-electron chi connectivity index (χ4n) is 2.14. The predicted octanol–water partition coefficient (Wildman–Crippen LogP) is 3.86. The maximum atomic E-state index is 12.8. The van der Waals surface area contributed by atoms with Crippen molar-refractivity contribution in [2.75, 3.05) is 0 Å². The molecule has 0 atom stereocenters. The summed E-state index contributed by atoms with van der Waals surface area (Å²) in [5, 5.41) is 0. The average molecular weight is 377 g/mol. The summed E-state index contributed by atoms with van der Waals surface area (Å²) in [5.74, 6) is 0.382. The van der Waals surface area contributed by atoms with E-state index in [0.717, 1.165) is 15.6 Å². The van der Waals surface area contributed by atoms with Crippen molar-refractivity contribution in [1.82, 2.24) is 8.96 Å². The number of hydrogen-bond acceptors (Lipinski definition) is 3. The van der Waals surface area contributed by atoms with Gasteiger partial charge in [0, 0.05) is 22.4 Å². The Morgan fingerprint density at radius 2 is 1.73 bits per heavy atom. The largest absolute Gasteiger partial charge is 0.269 e. The first-order valence-corrected chi connectivity index (χ1v) is 8.84. The van der Waals surface area contributed by atoms with Crippen LogP contribution in [0, 0.1) is 6.92 Å². The van der Waals surface area contributed by atoms with Gasteiger partial charge >= 0.3 is 0 Å². The molecule has 1 aromatic heterocycles. The van der Waals surface area contributed by atoms with Crippen LogP contribution in [-0.4, -0.2) is 17.4 Å². The molecule has 0 bridgehead atoms. The average Bonchev–Trinajstić information content (AvgIpc) is 2.98. The summed E-state index contributed by atoms with van der Waals surface area (Å²) in [6.07, 6.45) is 2.95. The molecule has 0 aliphatic rings. The molecule has 0 N–H and O–H groups in total. The molecule has 0 saturated carbocycles. The monoisotopic (exact) mass is 376 g/mol. The van der Waals surface area contributed by atoms with Crippen molar-refractivity contribution < 1.29 is 8.42 Å². The molecule has 0 amide bonds. The first kappa shape index (κ1) is 15.0. The van der Waals surface area contributed by atoms with Crippen molar-refractivity contribution in [2.24, 2.45) is 0 Å². The van der Waals surface area contributed by atoms with E-state index in [0.29, 0.717) is 5.82 Å². The van der Waals surface area contributed by atoms with E-state index in [1.165, 1.54) is 16.4 Å². The number of nitrogens with zero attached hydrogens (tertiary/aromatic N) is 2. The number of aromatic nitrogens is 2. The highest BCUT2D eigenvalue weighted by Gasteiger charge is 2.21. The van der Waals surface area contributed by atoms with Gasteiger partial charge in [0.2, 0.25) is 0 Å². The molecule has 1 heterocycles. The van der Waals surface area contributed by atoms with Crippen molar-refractivity contribution >= 4 is 26.0 Å². The third-order valence-electron chi connectivity index (χ3n) is 3.30. The van der Waals surface area contributed by atoms with Crippen LogP contribution in [-0.2, 0) is 10.0 Å². The zero-order valence-corrected chi connectivity index (χ0v) is 14.2. The quantitative estimate of drug-likeness (QED) is 0.697. The molecule has 4 nitrogen and oxygen atoms in total. The summed E-state index contributed by atoms with van der Waals surface area (Å²) in [6.45, 7) is 1.92. The van der Waals surface area contributed by atoms with Crippen LogP contribution in [0.25, 0.3) is 11.4 Å². The van der Waals surface area contributed by atoms with E-state index in [1.54, 1.807) is 24.3 Å². The lowest BCUT2D eigenvalue weighted by atomic mass is 10.2. The molecule has 3 rings (SSSR count). The van der Waals surface area contributed by atoms with Gasteiger partial charge in [-0.05, 0) is 25.1 Å². The van der Waals surface area contributed by atoms with Crippen molar-refractivity contribution in [3.05, 3.63) is 71.0 Å². The molecule has 0 aliphatic carbocycles. The third kappa shape index (κ3) is 2.60. The number of hydrogen-bond donors (Lipinski definition) is 0. The van der Waals surface area contributed by atoms with Gasteiger partial charge in [-0.25, -0.2) is 17.4 Å². The Hall–Kier alpha value is -1.92. The van der Waals surface area contributed by atoms with Crippen LogP contribution in [0.4, 0.5) is 0 Å². The van der Waals surface area contributed by atoms with Gasteiger partial charge in [0.15, 0.2) is 5.82 Å². The van der Waals surface area contributed by atoms with Crippen LogP contribution < -0.4 is 0 Å². The molecule has 3 aromatic rings. The Morgan fingerprint density at radius 3 is 2.41 bits per heavy atom. The minimum Gasteiger partial charge on any atom is -0.236 e. The number of halogens is 1. The van der Waals surface area contributed by atoms with E-state index < -0.39 is 10.0 Å². The van der Waals surface area contributed by atoms with E-state index >= 15 is 0 Å². The topological polar surface area (TPSA) is 52.0 Å². The van der Waals surface area contributed by atoms with Gasteiger partial charge in [0.25, 0.3) is 10.0 Å². The van der Waals surface area contributed by atoms with Crippen molar-refractivity contribution in [3.63, 3.8) is 0 Å². The second-order valence-corrected chi connectivity index (χ2v) is 7.51. The van der Waals surface area contributed by atoms with Gasteiger partial charge in [0.05, 0.1) is 4.90 Å². The van der Waals surface area contributed by atoms with Crippen LogP contribution >= 0.6 is 15.9 Å². The molecule has 0 radical (unpaired) electrons. The van der Waals surface area contributed by atoms with E-state index in [2.05, 4.69) is 20.9 Å². The van der Waals surface area contributed by atoms with Gasteiger partial charge in [-0.1, -0.05) is 51.8 Å². The van der Waals surface area contributed by atoms with Crippen LogP contribution in [0.15, 0.2) is 70.3 Å². The van der Waals surface area contributed by atoms with E-state index in [4.69, 9.17) is 0 Å². The Kier molecular flexibility index (Phi) is 3.88. The SMILES string of the molecule is Cc1ccc(S(=O)(=O)n2ccnc2-c2ccccc2Br)cc1.